The molecule has 0 atom stereocenters. The maximum atomic E-state index is 11.2. The quantitative estimate of drug-likeness (QED) is 0.465. The summed E-state index contributed by atoms with van der Waals surface area (Å²) in [5.41, 5.74) is 0.00764. The zero-order chi connectivity index (χ0) is 8.82. The third kappa shape index (κ3) is 0.713. The molecule has 0 aromatic carbocycles. The Hall–Kier alpha value is -0.860. The average Bonchev–Trinajstić information content (AvgIpc) is 1.92. The number of ether oxygens (including phenoxy) is 1. The summed E-state index contributed by atoms with van der Waals surface area (Å²) < 4.78 is 4.69. The largest absolute Gasteiger partial charge is 0.469 e. The summed E-state index contributed by atoms with van der Waals surface area (Å²) in [5.74, 6) is -0.0877. The smallest absolute Gasteiger partial charge is 0.311 e. The van der Waals surface area contributed by atoms with E-state index in [4.69, 9.17) is 4.74 Å². The lowest BCUT2D eigenvalue weighted by atomic mass is 9.34. The van der Waals surface area contributed by atoms with Gasteiger partial charge in [0.1, 0.15) is 6.29 Å². The van der Waals surface area contributed by atoms with E-state index < -0.39 is 0 Å². The highest BCUT2D eigenvalue weighted by Gasteiger charge is 2.71. The van der Waals surface area contributed by atoms with Gasteiger partial charge in [-0.25, -0.2) is 0 Å². The number of esters is 1. The molecule has 0 N–H and O–H groups in total. The van der Waals surface area contributed by atoms with Gasteiger partial charge in [-0.3, -0.25) is 4.79 Å². The van der Waals surface area contributed by atoms with Crippen LogP contribution in [0.3, 0.4) is 0 Å². The SMILES string of the molecule is COC(=O)C12CC(CC=O)(C1)C2. The maximum Gasteiger partial charge on any atom is 0.311 e. The van der Waals surface area contributed by atoms with Gasteiger partial charge >= 0.3 is 5.97 Å². The number of methoxy groups -OCH3 is 1. The van der Waals surface area contributed by atoms with E-state index in [2.05, 4.69) is 0 Å². The molecule has 0 spiro atoms. The number of carbonyl (C=O) groups excluding carboxylic acids is 2. The number of hydrogen-bond acceptors (Lipinski definition) is 3. The molecule has 0 saturated heterocycles. The summed E-state index contributed by atoms with van der Waals surface area (Å²) in [6, 6.07) is 0. The van der Waals surface area contributed by atoms with Crippen LogP contribution in [0.25, 0.3) is 0 Å². The predicted molar refractivity (Wildman–Crippen MR) is 41.4 cm³/mol. The van der Waals surface area contributed by atoms with E-state index in [1.807, 2.05) is 0 Å². The molecule has 3 rings (SSSR count). The average molecular weight is 168 g/mol. The van der Waals surface area contributed by atoms with Gasteiger partial charge in [-0.2, -0.15) is 0 Å². The standard InChI is InChI=1S/C9H12O3/c1-12-7(11)9-4-8(5-9,6-9)2-3-10/h3H,2,4-6H2,1H3. The summed E-state index contributed by atoms with van der Waals surface area (Å²) in [7, 11) is 1.43. The van der Waals surface area contributed by atoms with Crippen LogP contribution >= 0.6 is 0 Å². The molecule has 3 heteroatoms. The van der Waals surface area contributed by atoms with E-state index in [9.17, 15) is 9.59 Å². The van der Waals surface area contributed by atoms with E-state index >= 15 is 0 Å². The Kier molecular flexibility index (Phi) is 1.35. The highest BCUT2D eigenvalue weighted by atomic mass is 16.5. The lowest BCUT2D eigenvalue weighted by Crippen LogP contribution is -2.65. The molecule has 0 amide bonds. The van der Waals surface area contributed by atoms with Gasteiger partial charge in [0.2, 0.25) is 0 Å². The normalized spacial score (nSPS) is 42.4. The van der Waals surface area contributed by atoms with Crippen molar-refractivity contribution in [3.63, 3.8) is 0 Å². The molecule has 0 unspecified atom stereocenters. The Morgan fingerprint density at radius 3 is 2.50 bits per heavy atom. The molecule has 3 nitrogen and oxygen atoms in total. The molecule has 3 aliphatic carbocycles. The Morgan fingerprint density at radius 2 is 2.08 bits per heavy atom. The lowest BCUT2D eigenvalue weighted by molar-refractivity contribution is -0.225. The first kappa shape index (κ1) is 7.77. The van der Waals surface area contributed by atoms with Crippen LogP contribution in [0.5, 0.6) is 0 Å². The van der Waals surface area contributed by atoms with Gasteiger partial charge in [-0.1, -0.05) is 0 Å². The fourth-order valence-corrected chi connectivity index (χ4v) is 2.82. The van der Waals surface area contributed by atoms with Gasteiger partial charge in [0.15, 0.2) is 0 Å². The second-order valence-corrected chi connectivity index (χ2v) is 4.17. The molecule has 0 aliphatic heterocycles. The van der Waals surface area contributed by atoms with E-state index in [-0.39, 0.29) is 16.8 Å². The van der Waals surface area contributed by atoms with E-state index in [0.717, 1.165) is 25.5 Å². The van der Waals surface area contributed by atoms with Crippen LogP contribution in [-0.2, 0) is 14.3 Å². The van der Waals surface area contributed by atoms with E-state index in [1.165, 1.54) is 7.11 Å². The van der Waals surface area contributed by atoms with Crippen molar-refractivity contribution in [1.82, 2.24) is 0 Å². The Balaban J connectivity index is 1.95. The first-order valence-corrected chi connectivity index (χ1v) is 4.19. The van der Waals surface area contributed by atoms with Crippen molar-refractivity contribution in [2.75, 3.05) is 7.11 Å². The first-order chi connectivity index (χ1) is 5.66. The second kappa shape index (κ2) is 2.09. The van der Waals surface area contributed by atoms with Gasteiger partial charge in [-0.15, -0.1) is 0 Å². The third-order valence-corrected chi connectivity index (χ3v) is 3.27. The van der Waals surface area contributed by atoms with Crippen molar-refractivity contribution in [1.29, 1.82) is 0 Å². The number of carbonyl (C=O) groups is 2. The zero-order valence-electron chi connectivity index (χ0n) is 7.13. The molecular weight excluding hydrogens is 156 g/mol. The molecule has 12 heavy (non-hydrogen) atoms. The van der Waals surface area contributed by atoms with Crippen LogP contribution in [0.4, 0.5) is 0 Å². The third-order valence-electron chi connectivity index (χ3n) is 3.27. The summed E-state index contributed by atoms with van der Waals surface area (Å²) in [5, 5.41) is 0. The van der Waals surface area contributed by atoms with Crippen LogP contribution in [0.2, 0.25) is 0 Å². The minimum absolute atomic E-state index is 0.0877. The lowest BCUT2D eigenvalue weighted by Gasteiger charge is -2.68. The number of rotatable bonds is 3. The fourth-order valence-electron chi connectivity index (χ4n) is 2.82. The Morgan fingerprint density at radius 1 is 1.50 bits per heavy atom. The molecule has 0 heterocycles. The summed E-state index contributed by atoms with van der Waals surface area (Å²) >= 11 is 0. The highest BCUT2D eigenvalue weighted by Crippen LogP contribution is 2.74. The molecule has 3 aliphatic rings. The molecule has 0 radical (unpaired) electrons. The van der Waals surface area contributed by atoms with Gasteiger partial charge in [0.05, 0.1) is 12.5 Å². The van der Waals surface area contributed by atoms with Crippen molar-refractivity contribution in [3.05, 3.63) is 0 Å². The van der Waals surface area contributed by atoms with Crippen LogP contribution < -0.4 is 0 Å². The van der Waals surface area contributed by atoms with Crippen molar-refractivity contribution in [3.8, 4) is 0 Å². The molecule has 0 aromatic rings. The minimum atomic E-state index is -0.183. The summed E-state index contributed by atoms with van der Waals surface area (Å²) in [4.78, 5) is 21.5. The monoisotopic (exact) mass is 168 g/mol. The van der Waals surface area contributed by atoms with Gasteiger partial charge < -0.3 is 9.53 Å². The second-order valence-electron chi connectivity index (χ2n) is 4.17. The van der Waals surface area contributed by atoms with Crippen LogP contribution in [0.1, 0.15) is 25.7 Å². The van der Waals surface area contributed by atoms with E-state index in [1.54, 1.807) is 0 Å². The molecular formula is C9H12O3. The van der Waals surface area contributed by atoms with Crippen molar-refractivity contribution >= 4 is 12.3 Å². The van der Waals surface area contributed by atoms with Crippen molar-refractivity contribution in [2.24, 2.45) is 10.8 Å². The van der Waals surface area contributed by atoms with Crippen LogP contribution in [0.15, 0.2) is 0 Å². The topological polar surface area (TPSA) is 43.4 Å². The minimum Gasteiger partial charge on any atom is -0.469 e. The molecule has 2 bridgehead atoms. The Bertz CT molecular complexity index is 224. The van der Waals surface area contributed by atoms with Crippen molar-refractivity contribution in [2.45, 2.75) is 25.7 Å². The summed E-state index contributed by atoms with van der Waals surface area (Å²) in [6.07, 6.45) is 4.17. The number of hydrogen-bond donors (Lipinski definition) is 0. The van der Waals surface area contributed by atoms with Gasteiger partial charge in [-0.05, 0) is 24.7 Å². The van der Waals surface area contributed by atoms with Gasteiger partial charge in [0, 0.05) is 6.42 Å². The first-order valence-electron chi connectivity index (χ1n) is 4.19. The highest BCUT2D eigenvalue weighted by molar-refractivity contribution is 5.81. The maximum absolute atomic E-state index is 11.2. The number of aldehydes is 1. The molecule has 3 fully saturated rings. The van der Waals surface area contributed by atoms with Crippen LogP contribution in [-0.4, -0.2) is 19.4 Å². The molecule has 66 valence electrons. The van der Waals surface area contributed by atoms with Crippen molar-refractivity contribution < 1.29 is 14.3 Å². The summed E-state index contributed by atoms with van der Waals surface area (Å²) in [6.45, 7) is 0. The molecule has 3 saturated carbocycles. The van der Waals surface area contributed by atoms with E-state index in [0.29, 0.717) is 6.42 Å². The zero-order valence-corrected chi connectivity index (χ0v) is 7.13. The fraction of sp³-hybridized carbons (Fsp3) is 0.778. The predicted octanol–water partition coefficient (Wildman–Crippen LogP) is 0.919. The molecule has 0 aromatic heterocycles. The Labute approximate surface area is 71.1 Å². The van der Waals surface area contributed by atoms with Crippen LogP contribution in [0, 0.1) is 10.8 Å². The van der Waals surface area contributed by atoms with Gasteiger partial charge in [0.25, 0.3) is 0 Å².